The minimum atomic E-state index is -0.822. The molecular weight excluding hydrogens is 496 g/mol. The number of phenolic OH excluding ortho intramolecular Hbond substituents is 1. The maximum absolute atomic E-state index is 13.8. The van der Waals surface area contributed by atoms with Gasteiger partial charge >= 0.3 is 5.97 Å². The number of esters is 1. The standard InChI is InChI=1S/C27H28N2O7S/c1-6-35-21-12-16(8-11-19(21)30)13-22-25(31)29-24(18-10-9-17(33-4)14-20(18)34-5)23(26(32)36-7-2)15(3)28-27(29)37-22/h8-14,24,30H,6-7H2,1-5H3/t24-/m1/s1. The summed E-state index contributed by atoms with van der Waals surface area (Å²) >= 11 is 1.20. The Bertz CT molecular complexity index is 1550. The van der Waals surface area contributed by atoms with Crippen molar-refractivity contribution < 1.29 is 28.8 Å². The lowest BCUT2D eigenvalue weighted by molar-refractivity contribution is -0.139. The van der Waals surface area contributed by atoms with E-state index < -0.39 is 12.0 Å². The zero-order chi connectivity index (χ0) is 26.7. The maximum Gasteiger partial charge on any atom is 0.338 e. The zero-order valence-corrected chi connectivity index (χ0v) is 22.0. The highest BCUT2D eigenvalue weighted by atomic mass is 32.1. The normalized spacial score (nSPS) is 15.2. The Labute approximate surface area is 217 Å². The van der Waals surface area contributed by atoms with Crippen LogP contribution in [0.3, 0.4) is 0 Å². The number of benzene rings is 2. The van der Waals surface area contributed by atoms with Crippen molar-refractivity contribution in [1.82, 2.24) is 4.57 Å². The van der Waals surface area contributed by atoms with Crippen LogP contribution in [0.2, 0.25) is 0 Å². The van der Waals surface area contributed by atoms with Crippen molar-refractivity contribution in [3.05, 3.63) is 78.5 Å². The molecule has 0 fully saturated rings. The van der Waals surface area contributed by atoms with Gasteiger partial charge in [-0.1, -0.05) is 17.4 Å². The summed E-state index contributed by atoms with van der Waals surface area (Å²) in [4.78, 5) is 31.9. The summed E-state index contributed by atoms with van der Waals surface area (Å²) < 4.78 is 23.7. The fourth-order valence-corrected chi connectivity index (χ4v) is 5.22. The third-order valence-corrected chi connectivity index (χ3v) is 6.82. The quantitative estimate of drug-likeness (QED) is 0.452. The molecule has 1 N–H and O–H groups in total. The van der Waals surface area contributed by atoms with Crippen molar-refractivity contribution in [2.45, 2.75) is 26.8 Å². The molecule has 0 spiro atoms. The van der Waals surface area contributed by atoms with Crippen LogP contribution in [0, 0.1) is 0 Å². The second kappa shape index (κ2) is 10.9. The van der Waals surface area contributed by atoms with E-state index in [1.807, 2.05) is 6.92 Å². The minimum Gasteiger partial charge on any atom is -0.504 e. The highest BCUT2D eigenvalue weighted by molar-refractivity contribution is 7.07. The van der Waals surface area contributed by atoms with E-state index in [4.69, 9.17) is 18.9 Å². The fourth-order valence-electron chi connectivity index (χ4n) is 4.17. The molecule has 9 nitrogen and oxygen atoms in total. The molecular formula is C27H28N2O7S. The first-order chi connectivity index (χ1) is 17.8. The van der Waals surface area contributed by atoms with Gasteiger partial charge < -0.3 is 24.1 Å². The average molecular weight is 525 g/mol. The van der Waals surface area contributed by atoms with E-state index in [-0.39, 0.29) is 23.5 Å². The second-order valence-corrected chi connectivity index (χ2v) is 9.08. The largest absolute Gasteiger partial charge is 0.504 e. The lowest BCUT2D eigenvalue weighted by atomic mass is 9.95. The smallest absolute Gasteiger partial charge is 0.338 e. The van der Waals surface area contributed by atoms with Crippen LogP contribution < -0.4 is 29.1 Å². The van der Waals surface area contributed by atoms with Gasteiger partial charge in [-0.3, -0.25) is 9.36 Å². The first-order valence-electron chi connectivity index (χ1n) is 11.7. The van der Waals surface area contributed by atoms with E-state index in [1.165, 1.54) is 29.1 Å². The van der Waals surface area contributed by atoms with E-state index in [0.29, 0.717) is 50.0 Å². The number of carbonyl (C=O) groups is 1. The fraction of sp³-hybridized carbons (Fsp3) is 0.296. The van der Waals surface area contributed by atoms with Gasteiger partial charge in [0, 0.05) is 11.6 Å². The molecule has 1 atom stereocenters. The summed E-state index contributed by atoms with van der Waals surface area (Å²) in [6, 6.07) is 9.27. The van der Waals surface area contributed by atoms with E-state index >= 15 is 0 Å². The number of phenols is 1. The van der Waals surface area contributed by atoms with Crippen molar-refractivity contribution >= 4 is 23.4 Å². The van der Waals surface area contributed by atoms with Gasteiger partial charge in [-0.25, -0.2) is 9.79 Å². The third kappa shape index (κ3) is 4.97. The van der Waals surface area contributed by atoms with E-state index in [9.17, 15) is 14.7 Å². The number of methoxy groups -OCH3 is 2. The number of allylic oxidation sites excluding steroid dienone is 1. The van der Waals surface area contributed by atoms with E-state index in [1.54, 1.807) is 57.4 Å². The molecule has 2 heterocycles. The monoisotopic (exact) mass is 524 g/mol. The van der Waals surface area contributed by atoms with Gasteiger partial charge in [-0.15, -0.1) is 0 Å². The summed E-state index contributed by atoms with van der Waals surface area (Å²) in [6.45, 7) is 5.83. The van der Waals surface area contributed by atoms with Gasteiger partial charge in [0.05, 0.1) is 43.2 Å². The Morgan fingerprint density at radius 2 is 1.89 bits per heavy atom. The number of thiazole rings is 1. The van der Waals surface area contributed by atoms with Gasteiger partial charge in [0.25, 0.3) is 5.56 Å². The molecule has 0 radical (unpaired) electrons. The van der Waals surface area contributed by atoms with Crippen LogP contribution in [-0.2, 0) is 9.53 Å². The maximum atomic E-state index is 13.8. The van der Waals surface area contributed by atoms with Crippen molar-refractivity contribution in [1.29, 1.82) is 0 Å². The minimum absolute atomic E-state index is 0.0155. The number of aromatic nitrogens is 1. The number of hydrogen-bond donors (Lipinski definition) is 1. The molecule has 0 bridgehead atoms. The molecule has 0 saturated heterocycles. The molecule has 4 rings (SSSR count). The molecule has 0 unspecified atom stereocenters. The van der Waals surface area contributed by atoms with Crippen molar-refractivity contribution in [3.63, 3.8) is 0 Å². The van der Waals surface area contributed by atoms with Crippen molar-refractivity contribution in [3.8, 4) is 23.0 Å². The van der Waals surface area contributed by atoms with Crippen LogP contribution in [0.1, 0.15) is 37.9 Å². The summed E-state index contributed by atoms with van der Waals surface area (Å²) in [7, 11) is 3.06. The van der Waals surface area contributed by atoms with Gasteiger partial charge in [-0.05, 0) is 56.7 Å². The van der Waals surface area contributed by atoms with E-state index in [2.05, 4.69) is 4.99 Å². The third-order valence-electron chi connectivity index (χ3n) is 5.83. The van der Waals surface area contributed by atoms with E-state index in [0.717, 1.165) is 0 Å². The second-order valence-electron chi connectivity index (χ2n) is 8.07. The van der Waals surface area contributed by atoms with Crippen LogP contribution in [-0.4, -0.2) is 43.1 Å². The van der Waals surface area contributed by atoms with Crippen LogP contribution in [0.4, 0.5) is 0 Å². The topological polar surface area (TPSA) is 109 Å². The van der Waals surface area contributed by atoms with Gasteiger partial charge in [-0.2, -0.15) is 0 Å². The van der Waals surface area contributed by atoms with Crippen molar-refractivity contribution in [2.75, 3.05) is 27.4 Å². The average Bonchev–Trinajstić information content (AvgIpc) is 3.19. The van der Waals surface area contributed by atoms with Gasteiger partial charge in [0.2, 0.25) is 0 Å². The molecule has 194 valence electrons. The van der Waals surface area contributed by atoms with Gasteiger partial charge in [0.15, 0.2) is 16.3 Å². The lowest BCUT2D eigenvalue weighted by Crippen LogP contribution is -2.40. The Hall–Kier alpha value is -4.05. The van der Waals surface area contributed by atoms with Crippen molar-refractivity contribution in [2.24, 2.45) is 4.99 Å². The van der Waals surface area contributed by atoms with Crippen LogP contribution in [0.15, 0.2) is 57.5 Å². The van der Waals surface area contributed by atoms with Crippen LogP contribution >= 0.6 is 11.3 Å². The molecule has 1 aliphatic rings. The summed E-state index contributed by atoms with van der Waals surface area (Å²) in [5.74, 6) is 0.812. The Balaban J connectivity index is 1.96. The predicted octanol–water partition coefficient (Wildman–Crippen LogP) is 2.92. The molecule has 1 aromatic heterocycles. The van der Waals surface area contributed by atoms with Crippen LogP contribution in [0.25, 0.3) is 6.08 Å². The number of hydrogen-bond acceptors (Lipinski definition) is 9. The molecule has 10 heteroatoms. The number of nitrogens with zero attached hydrogens (tertiary/aromatic N) is 2. The molecule has 37 heavy (non-hydrogen) atoms. The molecule has 0 amide bonds. The first kappa shape index (κ1) is 26.0. The molecule has 0 saturated carbocycles. The Morgan fingerprint density at radius 3 is 2.57 bits per heavy atom. The molecule has 2 aromatic carbocycles. The number of carbonyl (C=O) groups excluding carboxylic acids is 1. The first-order valence-corrected chi connectivity index (χ1v) is 12.5. The Kier molecular flexibility index (Phi) is 7.68. The lowest BCUT2D eigenvalue weighted by Gasteiger charge is -2.26. The highest BCUT2D eigenvalue weighted by Crippen LogP contribution is 2.37. The summed E-state index contributed by atoms with van der Waals surface area (Å²) in [5.41, 5.74) is 1.65. The predicted molar refractivity (Wildman–Crippen MR) is 139 cm³/mol. The summed E-state index contributed by atoms with van der Waals surface area (Å²) in [6.07, 6.45) is 1.71. The number of rotatable bonds is 8. The van der Waals surface area contributed by atoms with Gasteiger partial charge in [0.1, 0.15) is 17.5 Å². The SMILES string of the molecule is CCOC(=O)C1=C(C)N=c2sc(=Cc3ccc(O)c(OCC)c3)c(=O)n2[C@@H]1c1ccc(OC)cc1OC. The zero-order valence-electron chi connectivity index (χ0n) is 21.2. The van der Waals surface area contributed by atoms with Crippen LogP contribution in [0.5, 0.6) is 23.0 Å². The summed E-state index contributed by atoms with van der Waals surface area (Å²) in [5, 5.41) is 10.0. The molecule has 3 aromatic rings. The molecule has 0 aliphatic carbocycles. The number of ether oxygens (including phenoxy) is 4. The number of fused-ring (bicyclic) bond motifs is 1. The highest BCUT2D eigenvalue weighted by Gasteiger charge is 2.35. The number of aromatic hydroxyl groups is 1. The Morgan fingerprint density at radius 1 is 1.11 bits per heavy atom. The molecule has 1 aliphatic heterocycles.